The molecule has 1 heterocycles. The third-order valence-electron chi connectivity index (χ3n) is 3.74. The van der Waals surface area contributed by atoms with Crippen LogP contribution in [0.1, 0.15) is 33.0 Å². The maximum Gasteiger partial charge on any atom is 0.196 e. The molecule has 0 fully saturated rings. The van der Waals surface area contributed by atoms with Crippen LogP contribution in [0.4, 0.5) is 0 Å². The van der Waals surface area contributed by atoms with Crippen molar-refractivity contribution < 1.29 is 4.42 Å². The fourth-order valence-electron chi connectivity index (χ4n) is 2.95. The van der Waals surface area contributed by atoms with Crippen molar-refractivity contribution in [2.75, 3.05) is 0 Å². The Morgan fingerprint density at radius 2 is 1.76 bits per heavy atom. The molecule has 0 amide bonds. The average molecular weight is 344 g/mol. The van der Waals surface area contributed by atoms with Gasteiger partial charge in [0.2, 0.25) is 0 Å². The number of fused-ring (bicyclic) bond motifs is 1. The van der Waals surface area contributed by atoms with E-state index in [0.29, 0.717) is 0 Å². The van der Waals surface area contributed by atoms with Crippen LogP contribution in [-0.2, 0) is 6.42 Å². The highest BCUT2D eigenvalue weighted by atomic mass is 79.9. The van der Waals surface area contributed by atoms with Crippen LogP contribution in [0.2, 0.25) is 0 Å². The minimum atomic E-state index is 0.214. The topological polar surface area (TPSA) is 26.0 Å². The highest BCUT2D eigenvalue weighted by Crippen LogP contribution is 2.33. The van der Waals surface area contributed by atoms with Gasteiger partial charge in [-0.15, -0.1) is 0 Å². The minimum Gasteiger partial charge on any atom is -0.441 e. The van der Waals surface area contributed by atoms with Crippen LogP contribution in [0, 0.1) is 20.8 Å². The van der Waals surface area contributed by atoms with Gasteiger partial charge in [0.1, 0.15) is 5.52 Å². The Labute approximate surface area is 133 Å². The second-order valence-corrected chi connectivity index (χ2v) is 6.66. The smallest absolute Gasteiger partial charge is 0.196 e. The van der Waals surface area contributed by atoms with Crippen molar-refractivity contribution in [3.63, 3.8) is 0 Å². The third-order valence-corrected chi connectivity index (χ3v) is 4.52. The zero-order valence-corrected chi connectivity index (χ0v) is 14.1. The molecular weight excluding hydrogens is 326 g/mol. The van der Waals surface area contributed by atoms with Gasteiger partial charge < -0.3 is 4.42 Å². The molecule has 0 aliphatic heterocycles. The molecule has 0 N–H and O–H groups in total. The standard InChI is InChI=1S/C18H18BrNO/c1-11-8-12(2)18(13(3)9-11)14(19)10-17-20-15-6-4-5-7-16(15)21-17/h4-9,14H,10H2,1-3H3. The first-order valence-corrected chi connectivity index (χ1v) is 8.02. The zero-order chi connectivity index (χ0) is 15.0. The Bertz CT molecular complexity index is 735. The molecule has 1 unspecified atom stereocenters. The molecule has 0 spiro atoms. The summed E-state index contributed by atoms with van der Waals surface area (Å²) in [5.74, 6) is 0.775. The van der Waals surface area contributed by atoms with Crippen molar-refractivity contribution >= 4 is 27.0 Å². The molecule has 0 radical (unpaired) electrons. The van der Waals surface area contributed by atoms with E-state index < -0.39 is 0 Å². The Morgan fingerprint density at radius 1 is 1.10 bits per heavy atom. The molecule has 0 saturated carbocycles. The van der Waals surface area contributed by atoms with Gasteiger partial charge in [-0.1, -0.05) is 45.8 Å². The number of aromatic nitrogens is 1. The fourth-order valence-corrected chi connectivity index (χ4v) is 3.95. The Hall–Kier alpha value is -1.61. The molecular formula is C18H18BrNO. The first-order valence-electron chi connectivity index (χ1n) is 7.11. The number of halogens is 1. The summed E-state index contributed by atoms with van der Waals surface area (Å²) < 4.78 is 5.82. The third kappa shape index (κ3) is 2.88. The first kappa shape index (κ1) is 14.3. The molecule has 2 nitrogen and oxygen atoms in total. The second kappa shape index (κ2) is 5.64. The van der Waals surface area contributed by atoms with E-state index in [1.54, 1.807) is 0 Å². The normalized spacial score (nSPS) is 12.8. The summed E-state index contributed by atoms with van der Waals surface area (Å²) in [5.41, 5.74) is 7.03. The second-order valence-electron chi connectivity index (χ2n) is 5.56. The molecule has 1 aromatic heterocycles. The number of hydrogen-bond donors (Lipinski definition) is 0. The lowest BCUT2D eigenvalue weighted by molar-refractivity contribution is 0.527. The van der Waals surface area contributed by atoms with E-state index in [2.05, 4.69) is 53.8 Å². The van der Waals surface area contributed by atoms with Crippen LogP contribution in [-0.4, -0.2) is 4.98 Å². The largest absolute Gasteiger partial charge is 0.441 e. The highest BCUT2D eigenvalue weighted by Gasteiger charge is 2.17. The van der Waals surface area contributed by atoms with Gasteiger partial charge in [0.25, 0.3) is 0 Å². The van der Waals surface area contributed by atoms with E-state index in [1.165, 1.54) is 22.3 Å². The molecule has 3 rings (SSSR count). The number of aryl methyl sites for hydroxylation is 3. The number of alkyl halides is 1. The number of benzene rings is 2. The van der Waals surface area contributed by atoms with Gasteiger partial charge in [0.15, 0.2) is 11.5 Å². The van der Waals surface area contributed by atoms with E-state index in [1.807, 2.05) is 24.3 Å². The van der Waals surface area contributed by atoms with Crippen molar-refractivity contribution in [1.82, 2.24) is 4.98 Å². The number of hydrogen-bond acceptors (Lipinski definition) is 2. The molecule has 0 saturated heterocycles. The van der Waals surface area contributed by atoms with Crippen LogP contribution in [0.15, 0.2) is 40.8 Å². The van der Waals surface area contributed by atoms with E-state index in [4.69, 9.17) is 4.42 Å². The number of rotatable bonds is 3. The van der Waals surface area contributed by atoms with E-state index >= 15 is 0 Å². The van der Waals surface area contributed by atoms with Crippen molar-refractivity contribution in [2.24, 2.45) is 0 Å². The first-order chi connectivity index (χ1) is 10.0. The van der Waals surface area contributed by atoms with Gasteiger partial charge in [-0.25, -0.2) is 4.98 Å². The van der Waals surface area contributed by atoms with Crippen molar-refractivity contribution in [1.29, 1.82) is 0 Å². The lowest BCUT2D eigenvalue weighted by Gasteiger charge is -2.15. The highest BCUT2D eigenvalue weighted by molar-refractivity contribution is 9.09. The van der Waals surface area contributed by atoms with Gasteiger partial charge in [0.05, 0.1) is 0 Å². The summed E-state index contributed by atoms with van der Waals surface area (Å²) in [4.78, 5) is 4.77. The summed E-state index contributed by atoms with van der Waals surface area (Å²) in [6.45, 7) is 6.46. The molecule has 1 atom stereocenters. The maximum atomic E-state index is 5.82. The summed E-state index contributed by atoms with van der Waals surface area (Å²) in [6.07, 6.45) is 0.749. The average Bonchev–Trinajstić information content (AvgIpc) is 2.79. The van der Waals surface area contributed by atoms with Crippen LogP contribution in [0.3, 0.4) is 0 Å². The Kier molecular flexibility index (Phi) is 3.85. The van der Waals surface area contributed by atoms with Crippen molar-refractivity contribution in [3.8, 4) is 0 Å². The zero-order valence-electron chi connectivity index (χ0n) is 12.5. The molecule has 0 aliphatic rings. The fraction of sp³-hybridized carbons (Fsp3) is 0.278. The molecule has 2 aromatic carbocycles. The molecule has 3 heteroatoms. The van der Waals surface area contributed by atoms with Crippen molar-refractivity contribution in [2.45, 2.75) is 32.0 Å². The number of nitrogens with zero attached hydrogens (tertiary/aromatic N) is 1. The van der Waals surface area contributed by atoms with Crippen LogP contribution in [0.5, 0.6) is 0 Å². The SMILES string of the molecule is Cc1cc(C)c(C(Br)Cc2nc3ccccc3o2)c(C)c1. The molecule has 0 bridgehead atoms. The minimum absolute atomic E-state index is 0.214. The summed E-state index contributed by atoms with van der Waals surface area (Å²) in [6, 6.07) is 12.3. The Balaban J connectivity index is 1.91. The quantitative estimate of drug-likeness (QED) is 0.592. The molecule has 0 aliphatic carbocycles. The van der Waals surface area contributed by atoms with E-state index in [-0.39, 0.29) is 4.83 Å². The predicted octanol–water partition coefficient (Wildman–Crippen LogP) is 5.43. The van der Waals surface area contributed by atoms with Gasteiger partial charge in [-0.05, 0) is 49.6 Å². The lowest BCUT2D eigenvalue weighted by atomic mass is 9.96. The van der Waals surface area contributed by atoms with Crippen LogP contribution >= 0.6 is 15.9 Å². The molecule has 108 valence electrons. The van der Waals surface area contributed by atoms with Gasteiger partial charge in [-0.2, -0.15) is 0 Å². The maximum absolute atomic E-state index is 5.82. The molecule has 21 heavy (non-hydrogen) atoms. The summed E-state index contributed by atoms with van der Waals surface area (Å²) in [5, 5.41) is 0. The predicted molar refractivity (Wildman–Crippen MR) is 90.0 cm³/mol. The van der Waals surface area contributed by atoms with Gasteiger partial charge in [-0.3, -0.25) is 0 Å². The monoisotopic (exact) mass is 343 g/mol. The van der Waals surface area contributed by atoms with Crippen molar-refractivity contribution in [3.05, 3.63) is 64.5 Å². The number of oxazole rings is 1. The molecule has 3 aromatic rings. The summed E-state index contributed by atoms with van der Waals surface area (Å²) in [7, 11) is 0. The van der Waals surface area contributed by atoms with E-state index in [9.17, 15) is 0 Å². The van der Waals surface area contributed by atoms with Gasteiger partial charge in [0, 0.05) is 11.2 Å². The van der Waals surface area contributed by atoms with Gasteiger partial charge >= 0.3 is 0 Å². The van der Waals surface area contributed by atoms with Crippen LogP contribution < -0.4 is 0 Å². The lowest BCUT2D eigenvalue weighted by Crippen LogP contribution is -2.01. The number of para-hydroxylation sites is 2. The Morgan fingerprint density at radius 3 is 2.43 bits per heavy atom. The van der Waals surface area contributed by atoms with E-state index in [0.717, 1.165) is 23.4 Å². The van der Waals surface area contributed by atoms with Crippen LogP contribution in [0.25, 0.3) is 11.1 Å². The summed E-state index contributed by atoms with van der Waals surface area (Å²) >= 11 is 3.81.